The van der Waals surface area contributed by atoms with E-state index in [1.165, 1.54) is 0 Å². The first-order valence-corrected chi connectivity index (χ1v) is 11.9. The number of carbonyl (C=O) groups excluding carboxylic acids is 1. The van der Waals surface area contributed by atoms with Crippen molar-refractivity contribution in [3.05, 3.63) is 120 Å². The Morgan fingerprint density at radius 3 is 1.69 bits per heavy atom. The highest BCUT2D eigenvalue weighted by molar-refractivity contribution is 5.95. The lowest BCUT2D eigenvalue weighted by molar-refractivity contribution is 0.0955. The van der Waals surface area contributed by atoms with Gasteiger partial charge in [0.05, 0.1) is 6.21 Å². The van der Waals surface area contributed by atoms with Crippen molar-refractivity contribution in [2.24, 2.45) is 5.10 Å². The van der Waals surface area contributed by atoms with Crippen molar-refractivity contribution in [2.75, 3.05) is 22.9 Å². The van der Waals surface area contributed by atoms with E-state index in [4.69, 9.17) is 0 Å². The van der Waals surface area contributed by atoms with Crippen LogP contribution in [0.3, 0.4) is 0 Å². The van der Waals surface area contributed by atoms with Gasteiger partial charge in [0, 0.05) is 41.4 Å². The molecule has 0 aromatic heterocycles. The van der Waals surface area contributed by atoms with E-state index in [9.17, 15) is 4.79 Å². The van der Waals surface area contributed by atoms with E-state index in [-0.39, 0.29) is 5.91 Å². The smallest absolute Gasteiger partial charge is 0.271 e. The first kappa shape index (κ1) is 23.8. The highest BCUT2D eigenvalue weighted by atomic mass is 16.2. The Labute approximate surface area is 207 Å². The van der Waals surface area contributed by atoms with Crippen molar-refractivity contribution in [3.8, 4) is 0 Å². The summed E-state index contributed by atoms with van der Waals surface area (Å²) >= 11 is 0. The average molecular weight is 463 g/mol. The van der Waals surface area contributed by atoms with Gasteiger partial charge in [0.2, 0.25) is 0 Å². The molecule has 0 unspecified atom stereocenters. The van der Waals surface area contributed by atoms with Gasteiger partial charge in [-0.15, -0.1) is 0 Å². The van der Waals surface area contributed by atoms with Crippen LogP contribution in [0, 0.1) is 0 Å². The second-order valence-corrected chi connectivity index (χ2v) is 8.02. The van der Waals surface area contributed by atoms with Crippen molar-refractivity contribution in [3.63, 3.8) is 0 Å². The molecule has 0 heterocycles. The van der Waals surface area contributed by atoms with Gasteiger partial charge >= 0.3 is 0 Å². The van der Waals surface area contributed by atoms with Crippen LogP contribution in [0.4, 0.5) is 22.7 Å². The van der Waals surface area contributed by atoms with E-state index in [1.54, 1.807) is 6.21 Å². The first-order chi connectivity index (χ1) is 17.2. The molecule has 1 N–H and O–H groups in total. The van der Waals surface area contributed by atoms with Gasteiger partial charge in [0.15, 0.2) is 0 Å². The molecule has 0 fully saturated rings. The van der Waals surface area contributed by atoms with Gasteiger partial charge in [-0.3, -0.25) is 4.79 Å². The molecule has 0 aliphatic heterocycles. The highest BCUT2D eigenvalue weighted by Crippen LogP contribution is 2.33. The third kappa shape index (κ3) is 5.95. The van der Waals surface area contributed by atoms with E-state index in [0.29, 0.717) is 5.56 Å². The van der Waals surface area contributed by atoms with Crippen LogP contribution in [0.5, 0.6) is 0 Å². The van der Waals surface area contributed by atoms with Crippen LogP contribution >= 0.6 is 0 Å². The van der Waals surface area contributed by atoms with Crippen molar-refractivity contribution in [1.82, 2.24) is 5.43 Å². The van der Waals surface area contributed by atoms with Gasteiger partial charge in [-0.05, 0) is 80.1 Å². The lowest BCUT2D eigenvalue weighted by Gasteiger charge is -2.25. The molecular weight excluding hydrogens is 432 g/mol. The van der Waals surface area contributed by atoms with Crippen LogP contribution in [-0.2, 0) is 0 Å². The molecule has 4 aromatic rings. The van der Waals surface area contributed by atoms with Crippen LogP contribution < -0.4 is 15.2 Å². The molecular formula is C30H30N4O. The molecule has 4 rings (SSSR count). The molecule has 0 saturated heterocycles. The number of nitrogens with one attached hydrogen (secondary N) is 1. The number of hydrazone groups is 1. The number of anilines is 4. The number of nitrogens with zero attached hydrogens (tertiary/aromatic N) is 3. The Morgan fingerprint density at radius 1 is 0.686 bits per heavy atom. The molecule has 0 atom stereocenters. The maximum atomic E-state index is 12.5. The van der Waals surface area contributed by atoms with Crippen molar-refractivity contribution in [1.29, 1.82) is 0 Å². The minimum absolute atomic E-state index is 0.233. The van der Waals surface area contributed by atoms with Gasteiger partial charge in [0.25, 0.3) is 5.91 Å². The summed E-state index contributed by atoms with van der Waals surface area (Å²) in [4.78, 5) is 16.9. The number of hydrogen-bond donors (Lipinski definition) is 1. The fourth-order valence-electron chi connectivity index (χ4n) is 3.95. The molecule has 0 radical (unpaired) electrons. The maximum absolute atomic E-state index is 12.5. The minimum Gasteiger partial charge on any atom is -0.372 e. The summed E-state index contributed by atoms with van der Waals surface area (Å²) < 4.78 is 0. The molecule has 176 valence electrons. The van der Waals surface area contributed by atoms with Gasteiger partial charge in [-0.1, -0.05) is 48.5 Å². The predicted octanol–water partition coefficient (Wildman–Crippen LogP) is 6.77. The monoisotopic (exact) mass is 462 g/mol. The Hall–Kier alpha value is -4.38. The molecule has 4 aromatic carbocycles. The Kier molecular flexibility index (Phi) is 7.92. The van der Waals surface area contributed by atoms with Gasteiger partial charge in [-0.2, -0.15) is 5.10 Å². The zero-order valence-corrected chi connectivity index (χ0v) is 20.1. The molecule has 0 bridgehead atoms. The molecule has 0 spiro atoms. The van der Waals surface area contributed by atoms with Crippen molar-refractivity contribution >= 4 is 34.9 Å². The number of para-hydroxylation sites is 2. The van der Waals surface area contributed by atoms with E-state index in [1.807, 2.05) is 72.8 Å². The zero-order chi connectivity index (χ0) is 24.5. The summed E-state index contributed by atoms with van der Waals surface area (Å²) in [5, 5.41) is 4.15. The van der Waals surface area contributed by atoms with Crippen LogP contribution in [0.1, 0.15) is 29.8 Å². The SMILES string of the molecule is CCN(CC)c1ccc(C(=O)N/N=C\c2ccc(N(c3ccccc3)c3ccccc3)cc2)cc1. The van der Waals surface area contributed by atoms with E-state index in [2.05, 4.69) is 70.6 Å². The van der Waals surface area contributed by atoms with Crippen molar-refractivity contribution < 1.29 is 4.79 Å². The number of benzene rings is 4. The quantitative estimate of drug-likeness (QED) is 0.221. The summed E-state index contributed by atoms with van der Waals surface area (Å²) in [5.41, 5.74) is 8.40. The summed E-state index contributed by atoms with van der Waals surface area (Å²) in [6.07, 6.45) is 1.65. The Balaban J connectivity index is 1.44. The second-order valence-electron chi connectivity index (χ2n) is 8.02. The topological polar surface area (TPSA) is 47.9 Å². The van der Waals surface area contributed by atoms with E-state index >= 15 is 0 Å². The molecule has 0 aliphatic rings. The third-order valence-corrected chi connectivity index (χ3v) is 5.82. The summed E-state index contributed by atoms with van der Waals surface area (Å²) in [5.74, 6) is -0.233. The molecule has 0 aliphatic carbocycles. The third-order valence-electron chi connectivity index (χ3n) is 5.82. The fourth-order valence-corrected chi connectivity index (χ4v) is 3.95. The lowest BCUT2D eigenvalue weighted by Crippen LogP contribution is -2.22. The van der Waals surface area contributed by atoms with Gasteiger partial charge < -0.3 is 9.80 Å². The Morgan fingerprint density at radius 2 is 1.17 bits per heavy atom. The van der Waals surface area contributed by atoms with E-state index in [0.717, 1.165) is 41.4 Å². The molecule has 35 heavy (non-hydrogen) atoms. The standard InChI is InChI=1S/C30H30N4O/c1-3-33(4-2)26-21-17-25(18-22-26)30(35)32-31-23-24-15-19-29(20-16-24)34(27-11-7-5-8-12-27)28-13-9-6-10-14-28/h5-23H,3-4H2,1-2H3,(H,32,35)/b31-23-. The van der Waals surface area contributed by atoms with Crippen molar-refractivity contribution in [2.45, 2.75) is 13.8 Å². The molecule has 5 nitrogen and oxygen atoms in total. The average Bonchev–Trinajstić information content (AvgIpc) is 2.92. The van der Waals surface area contributed by atoms with Crippen LogP contribution in [0.2, 0.25) is 0 Å². The predicted molar refractivity (Wildman–Crippen MR) is 146 cm³/mol. The number of carbonyl (C=O) groups is 1. The number of amides is 1. The first-order valence-electron chi connectivity index (χ1n) is 11.9. The molecule has 0 saturated carbocycles. The normalized spacial score (nSPS) is 10.8. The lowest BCUT2D eigenvalue weighted by atomic mass is 10.1. The van der Waals surface area contributed by atoms with Crippen LogP contribution in [-0.4, -0.2) is 25.2 Å². The minimum atomic E-state index is -0.233. The molecule has 1 amide bonds. The number of rotatable bonds is 9. The highest BCUT2D eigenvalue weighted by Gasteiger charge is 2.11. The summed E-state index contributed by atoms with van der Waals surface area (Å²) in [6, 6.07) is 36.2. The summed E-state index contributed by atoms with van der Waals surface area (Å²) in [6.45, 7) is 6.09. The van der Waals surface area contributed by atoms with Crippen LogP contribution in [0.15, 0.2) is 114 Å². The summed E-state index contributed by atoms with van der Waals surface area (Å²) in [7, 11) is 0. The fraction of sp³-hybridized carbons (Fsp3) is 0.133. The van der Waals surface area contributed by atoms with Crippen LogP contribution in [0.25, 0.3) is 0 Å². The maximum Gasteiger partial charge on any atom is 0.271 e. The van der Waals surface area contributed by atoms with E-state index < -0.39 is 0 Å². The number of hydrogen-bond acceptors (Lipinski definition) is 4. The van der Waals surface area contributed by atoms with Gasteiger partial charge in [0.1, 0.15) is 0 Å². The molecule has 5 heteroatoms. The largest absolute Gasteiger partial charge is 0.372 e. The van der Waals surface area contributed by atoms with Gasteiger partial charge in [-0.25, -0.2) is 5.43 Å². The Bertz CT molecular complexity index is 1190. The second kappa shape index (κ2) is 11.7. The zero-order valence-electron chi connectivity index (χ0n) is 20.1.